The number of nitrogens with two attached hydrogens (primary N) is 1. The molecule has 0 aliphatic carbocycles. The highest BCUT2D eigenvalue weighted by Crippen LogP contribution is 2.25. The van der Waals surface area contributed by atoms with Crippen molar-refractivity contribution in [1.29, 1.82) is 0 Å². The Morgan fingerprint density at radius 1 is 1.56 bits per heavy atom. The average Bonchev–Trinajstić information content (AvgIpc) is 2.83. The molecule has 0 saturated heterocycles. The van der Waals surface area contributed by atoms with Gasteiger partial charge >= 0.3 is 0 Å². The Bertz CT molecular complexity index is 547. The minimum absolute atomic E-state index is 0.0966. The normalized spacial score (nSPS) is 10.3. The number of carbonyl (C=O) groups is 1. The summed E-state index contributed by atoms with van der Waals surface area (Å²) in [6, 6.07) is 5.23. The molecule has 1 aromatic heterocycles. The van der Waals surface area contributed by atoms with E-state index in [9.17, 15) is 4.79 Å². The molecule has 2 rings (SSSR count). The zero-order valence-electron chi connectivity index (χ0n) is 9.09. The summed E-state index contributed by atoms with van der Waals surface area (Å²) >= 11 is 5.97. The van der Waals surface area contributed by atoms with Gasteiger partial charge in [-0.15, -0.1) is 0 Å². The molecule has 0 radical (unpaired) electrons. The SMILES string of the molecule is Nc1ccc(NC(=O)CSc2ncns2)c(Br)c1. The van der Waals surface area contributed by atoms with E-state index in [1.54, 1.807) is 18.2 Å². The van der Waals surface area contributed by atoms with E-state index in [1.807, 2.05) is 0 Å². The Labute approximate surface area is 120 Å². The van der Waals surface area contributed by atoms with Crippen molar-refractivity contribution in [1.82, 2.24) is 9.36 Å². The molecular formula is C10H9BrN4OS2. The maximum Gasteiger partial charge on any atom is 0.234 e. The minimum Gasteiger partial charge on any atom is -0.399 e. The van der Waals surface area contributed by atoms with Crippen LogP contribution in [-0.2, 0) is 4.79 Å². The van der Waals surface area contributed by atoms with Crippen LogP contribution in [0.15, 0.2) is 33.3 Å². The molecule has 94 valence electrons. The Kier molecular flexibility index (Phi) is 4.56. The summed E-state index contributed by atoms with van der Waals surface area (Å²) in [6.45, 7) is 0. The first kappa shape index (κ1) is 13.3. The lowest BCUT2D eigenvalue weighted by Crippen LogP contribution is -2.14. The predicted molar refractivity (Wildman–Crippen MR) is 77.8 cm³/mol. The lowest BCUT2D eigenvalue weighted by atomic mass is 10.3. The molecule has 1 heterocycles. The summed E-state index contributed by atoms with van der Waals surface area (Å²) in [5.74, 6) is 0.201. The van der Waals surface area contributed by atoms with E-state index in [-0.39, 0.29) is 5.91 Å². The van der Waals surface area contributed by atoms with Crippen molar-refractivity contribution < 1.29 is 4.79 Å². The molecule has 0 aliphatic heterocycles. The van der Waals surface area contributed by atoms with Crippen LogP contribution in [0.25, 0.3) is 0 Å². The third-order valence-corrected chi connectivity index (χ3v) is 4.39. The molecule has 0 bridgehead atoms. The molecule has 5 nitrogen and oxygen atoms in total. The summed E-state index contributed by atoms with van der Waals surface area (Å²) < 4.78 is 5.40. The number of nitrogen functional groups attached to an aromatic ring is 1. The van der Waals surface area contributed by atoms with E-state index in [0.29, 0.717) is 17.1 Å². The first-order valence-corrected chi connectivity index (χ1v) is 7.44. The number of aromatic nitrogens is 2. The zero-order chi connectivity index (χ0) is 13.0. The van der Waals surface area contributed by atoms with Crippen molar-refractivity contribution in [3.05, 3.63) is 29.0 Å². The maximum atomic E-state index is 11.7. The second-order valence-electron chi connectivity index (χ2n) is 3.28. The van der Waals surface area contributed by atoms with Gasteiger partial charge in [0, 0.05) is 10.2 Å². The van der Waals surface area contributed by atoms with Crippen LogP contribution in [0, 0.1) is 0 Å². The van der Waals surface area contributed by atoms with Crippen LogP contribution in [0.2, 0.25) is 0 Å². The molecule has 0 unspecified atom stereocenters. The van der Waals surface area contributed by atoms with Crippen molar-refractivity contribution in [2.24, 2.45) is 0 Å². The van der Waals surface area contributed by atoms with Gasteiger partial charge in [-0.2, -0.15) is 4.37 Å². The van der Waals surface area contributed by atoms with Crippen LogP contribution in [0.3, 0.4) is 0 Å². The summed E-state index contributed by atoms with van der Waals surface area (Å²) in [6.07, 6.45) is 1.47. The molecule has 0 spiro atoms. The largest absolute Gasteiger partial charge is 0.399 e. The second-order valence-corrected chi connectivity index (χ2v) is 6.14. The topological polar surface area (TPSA) is 80.9 Å². The molecule has 0 atom stereocenters. The number of benzene rings is 1. The minimum atomic E-state index is -0.0966. The zero-order valence-corrected chi connectivity index (χ0v) is 12.3. The van der Waals surface area contributed by atoms with Crippen molar-refractivity contribution in [2.45, 2.75) is 4.34 Å². The fourth-order valence-electron chi connectivity index (χ4n) is 1.17. The smallest absolute Gasteiger partial charge is 0.234 e. The molecule has 0 fully saturated rings. The van der Waals surface area contributed by atoms with E-state index in [0.717, 1.165) is 8.81 Å². The fraction of sp³-hybridized carbons (Fsp3) is 0.100. The van der Waals surface area contributed by atoms with E-state index < -0.39 is 0 Å². The van der Waals surface area contributed by atoms with Crippen molar-refractivity contribution in [3.63, 3.8) is 0 Å². The maximum absolute atomic E-state index is 11.7. The van der Waals surface area contributed by atoms with Gasteiger partial charge in [-0.05, 0) is 45.7 Å². The summed E-state index contributed by atoms with van der Waals surface area (Å²) in [4.78, 5) is 15.7. The van der Waals surface area contributed by atoms with Gasteiger partial charge in [-0.25, -0.2) is 4.98 Å². The first-order valence-electron chi connectivity index (χ1n) is 4.89. The molecule has 2 aromatic rings. The molecule has 8 heteroatoms. The Morgan fingerprint density at radius 3 is 3.06 bits per heavy atom. The number of halogens is 1. The average molecular weight is 345 g/mol. The number of rotatable bonds is 4. The van der Waals surface area contributed by atoms with E-state index in [4.69, 9.17) is 5.73 Å². The number of hydrogen-bond donors (Lipinski definition) is 2. The highest BCUT2D eigenvalue weighted by molar-refractivity contribution is 9.10. The van der Waals surface area contributed by atoms with Crippen molar-refractivity contribution >= 4 is 56.5 Å². The molecule has 3 N–H and O–H groups in total. The van der Waals surface area contributed by atoms with Gasteiger partial charge in [0.1, 0.15) is 6.33 Å². The number of carbonyl (C=O) groups excluding carboxylic acids is 1. The summed E-state index contributed by atoms with van der Waals surface area (Å²) in [7, 11) is 0. The van der Waals surface area contributed by atoms with Gasteiger partial charge in [0.2, 0.25) is 5.91 Å². The Balaban J connectivity index is 1.91. The third-order valence-electron chi connectivity index (χ3n) is 1.94. The lowest BCUT2D eigenvalue weighted by molar-refractivity contribution is -0.113. The Hall–Kier alpha value is -1.12. The fourth-order valence-corrected chi connectivity index (χ4v) is 2.91. The highest BCUT2D eigenvalue weighted by atomic mass is 79.9. The van der Waals surface area contributed by atoms with Crippen LogP contribution in [0.1, 0.15) is 0 Å². The van der Waals surface area contributed by atoms with Crippen LogP contribution < -0.4 is 11.1 Å². The molecule has 18 heavy (non-hydrogen) atoms. The molecule has 0 saturated carbocycles. The molecule has 1 aromatic carbocycles. The number of anilines is 2. The number of thioether (sulfide) groups is 1. The monoisotopic (exact) mass is 344 g/mol. The quantitative estimate of drug-likeness (QED) is 0.658. The van der Waals surface area contributed by atoms with Crippen LogP contribution >= 0.6 is 39.2 Å². The molecule has 1 amide bonds. The summed E-state index contributed by atoms with van der Waals surface area (Å²) in [5, 5.41) is 2.79. The van der Waals surface area contributed by atoms with E-state index in [2.05, 4.69) is 30.6 Å². The molecular weight excluding hydrogens is 336 g/mol. The van der Waals surface area contributed by atoms with E-state index in [1.165, 1.54) is 29.6 Å². The van der Waals surface area contributed by atoms with Gasteiger partial charge < -0.3 is 11.1 Å². The van der Waals surface area contributed by atoms with Crippen molar-refractivity contribution in [2.75, 3.05) is 16.8 Å². The Morgan fingerprint density at radius 2 is 2.39 bits per heavy atom. The molecule has 0 aliphatic rings. The predicted octanol–water partition coefficient (Wildman–Crippen LogP) is 2.61. The van der Waals surface area contributed by atoms with Crippen LogP contribution in [-0.4, -0.2) is 21.0 Å². The number of hydrogen-bond acceptors (Lipinski definition) is 6. The first-order chi connectivity index (χ1) is 8.65. The number of nitrogens with zero attached hydrogens (tertiary/aromatic N) is 2. The number of amides is 1. The van der Waals surface area contributed by atoms with Gasteiger partial charge in [0.05, 0.1) is 11.4 Å². The summed E-state index contributed by atoms with van der Waals surface area (Å²) in [5.41, 5.74) is 6.96. The van der Waals surface area contributed by atoms with Gasteiger partial charge in [-0.1, -0.05) is 11.8 Å². The van der Waals surface area contributed by atoms with Crippen LogP contribution in [0.5, 0.6) is 0 Å². The second kappa shape index (κ2) is 6.17. The highest BCUT2D eigenvalue weighted by Gasteiger charge is 2.07. The third kappa shape index (κ3) is 3.69. The van der Waals surface area contributed by atoms with Gasteiger partial charge in [-0.3, -0.25) is 4.79 Å². The van der Waals surface area contributed by atoms with E-state index >= 15 is 0 Å². The van der Waals surface area contributed by atoms with Crippen molar-refractivity contribution in [3.8, 4) is 0 Å². The standard InChI is InChI=1S/C10H9BrN4OS2/c11-7-3-6(12)1-2-8(7)15-9(16)4-17-10-13-5-14-18-10/h1-3,5H,4,12H2,(H,15,16). The van der Waals surface area contributed by atoms with Gasteiger partial charge in [0.25, 0.3) is 0 Å². The van der Waals surface area contributed by atoms with Gasteiger partial charge in [0.15, 0.2) is 4.34 Å². The van der Waals surface area contributed by atoms with Crippen LogP contribution in [0.4, 0.5) is 11.4 Å². The number of nitrogens with one attached hydrogen (secondary N) is 1. The lowest BCUT2D eigenvalue weighted by Gasteiger charge is -2.07.